The summed E-state index contributed by atoms with van der Waals surface area (Å²) in [7, 11) is 1.52. The molecule has 1 saturated heterocycles. The Hall–Kier alpha value is -3.17. The average Bonchev–Trinajstić information content (AvgIpc) is 3.00. The summed E-state index contributed by atoms with van der Waals surface area (Å²) in [6, 6.07) is 13.5. The second-order valence-electron chi connectivity index (χ2n) is 7.37. The molecule has 0 atom stereocenters. The summed E-state index contributed by atoms with van der Waals surface area (Å²) >= 11 is 7.05. The number of urea groups is 1. The highest BCUT2D eigenvalue weighted by molar-refractivity contribution is 9.10. The van der Waals surface area contributed by atoms with E-state index in [4.69, 9.17) is 4.74 Å². The number of imide groups is 2. The summed E-state index contributed by atoms with van der Waals surface area (Å²) in [5, 5.41) is 2.26. The van der Waals surface area contributed by atoms with E-state index in [0.29, 0.717) is 17.0 Å². The fraction of sp³-hybridized carbons (Fsp3) is 0.125. The molecule has 3 aromatic rings. The van der Waals surface area contributed by atoms with Gasteiger partial charge in [-0.15, -0.1) is 0 Å². The van der Waals surface area contributed by atoms with Gasteiger partial charge in [0.25, 0.3) is 11.8 Å². The van der Waals surface area contributed by atoms with E-state index >= 15 is 0 Å². The van der Waals surface area contributed by atoms with Gasteiger partial charge in [0.1, 0.15) is 11.3 Å². The van der Waals surface area contributed by atoms with Crippen molar-refractivity contribution < 1.29 is 19.1 Å². The van der Waals surface area contributed by atoms with Crippen LogP contribution in [-0.4, -0.2) is 29.5 Å². The third-order valence-electron chi connectivity index (χ3n) is 5.42. The van der Waals surface area contributed by atoms with Crippen molar-refractivity contribution in [2.75, 3.05) is 12.0 Å². The van der Waals surface area contributed by atoms with Crippen molar-refractivity contribution in [1.29, 1.82) is 0 Å². The molecule has 0 aliphatic carbocycles. The number of nitrogens with one attached hydrogen (secondary N) is 1. The zero-order valence-electron chi connectivity index (χ0n) is 18.0. The van der Waals surface area contributed by atoms with Gasteiger partial charge in [0.2, 0.25) is 0 Å². The second-order valence-corrected chi connectivity index (χ2v) is 9.07. The molecule has 0 saturated carbocycles. The standard InChI is InChI=1S/C24H19Br2N3O4/c1-13-19(21(26)14(2)28(13)16-6-4-15(25)5-7-16)12-20-22(30)27-24(32)29(23(20)31)17-8-10-18(33-3)11-9-17/h4-12H,1-3H3,(H,27,30,32)/b20-12+. The van der Waals surface area contributed by atoms with E-state index in [-0.39, 0.29) is 5.57 Å². The van der Waals surface area contributed by atoms with E-state index in [1.807, 2.05) is 42.7 Å². The number of benzene rings is 2. The number of amides is 4. The maximum atomic E-state index is 13.2. The predicted octanol–water partition coefficient (Wildman–Crippen LogP) is 5.29. The van der Waals surface area contributed by atoms with Gasteiger partial charge in [0.15, 0.2) is 0 Å². The molecule has 1 aromatic heterocycles. The topological polar surface area (TPSA) is 80.6 Å². The number of ether oxygens (including phenoxy) is 1. The Morgan fingerprint density at radius 3 is 2.09 bits per heavy atom. The number of barbiturate groups is 1. The van der Waals surface area contributed by atoms with Crippen molar-refractivity contribution in [3.8, 4) is 11.4 Å². The van der Waals surface area contributed by atoms with Crippen LogP contribution in [0.4, 0.5) is 10.5 Å². The Morgan fingerprint density at radius 2 is 1.48 bits per heavy atom. The number of carbonyl (C=O) groups is 3. The first-order chi connectivity index (χ1) is 15.7. The number of carbonyl (C=O) groups excluding carboxylic acids is 3. The van der Waals surface area contributed by atoms with Crippen molar-refractivity contribution in [2.45, 2.75) is 13.8 Å². The Labute approximate surface area is 207 Å². The highest BCUT2D eigenvalue weighted by Crippen LogP contribution is 2.33. The van der Waals surface area contributed by atoms with Gasteiger partial charge >= 0.3 is 6.03 Å². The molecular weight excluding hydrogens is 554 g/mol. The minimum absolute atomic E-state index is 0.137. The van der Waals surface area contributed by atoms with E-state index in [1.54, 1.807) is 24.3 Å². The largest absolute Gasteiger partial charge is 0.497 e. The Bertz CT molecular complexity index is 1310. The summed E-state index contributed by atoms with van der Waals surface area (Å²) in [4.78, 5) is 39.3. The highest BCUT2D eigenvalue weighted by Gasteiger charge is 2.37. The summed E-state index contributed by atoms with van der Waals surface area (Å²) in [6.07, 6.45) is 1.52. The minimum Gasteiger partial charge on any atom is -0.497 e. The molecule has 2 heterocycles. The number of hydrogen-bond acceptors (Lipinski definition) is 4. The van der Waals surface area contributed by atoms with Gasteiger partial charge in [-0.1, -0.05) is 15.9 Å². The van der Waals surface area contributed by atoms with Crippen molar-refractivity contribution in [2.24, 2.45) is 0 Å². The van der Waals surface area contributed by atoms with Crippen molar-refractivity contribution >= 4 is 61.5 Å². The quantitative estimate of drug-likeness (QED) is 0.340. The molecule has 1 aliphatic rings. The van der Waals surface area contributed by atoms with Gasteiger partial charge in [-0.3, -0.25) is 14.9 Å². The lowest BCUT2D eigenvalue weighted by Gasteiger charge is -2.26. The van der Waals surface area contributed by atoms with Crippen LogP contribution in [0.5, 0.6) is 5.75 Å². The zero-order chi connectivity index (χ0) is 23.9. The first-order valence-electron chi connectivity index (χ1n) is 9.91. The number of aromatic nitrogens is 1. The molecule has 4 amide bonds. The summed E-state index contributed by atoms with van der Waals surface area (Å²) in [6.45, 7) is 3.85. The van der Waals surface area contributed by atoms with E-state index in [1.165, 1.54) is 13.2 Å². The van der Waals surface area contributed by atoms with Gasteiger partial charge in [-0.25, -0.2) is 9.69 Å². The summed E-state index contributed by atoms with van der Waals surface area (Å²) in [5.41, 5.74) is 3.56. The van der Waals surface area contributed by atoms with Gasteiger partial charge < -0.3 is 9.30 Å². The fourth-order valence-corrected chi connectivity index (χ4v) is 4.58. The average molecular weight is 573 g/mol. The van der Waals surface area contributed by atoms with Crippen LogP contribution in [0.3, 0.4) is 0 Å². The molecule has 9 heteroatoms. The molecule has 0 bridgehead atoms. The molecule has 0 radical (unpaired) electrons. The smallest absolute Gasteiger partial charge is 0.335 e. The molecule has 168 valence electrons. The maximum absolute atomic E-state index is 13.2. The van der Waals surface area contributed by atoms with E-state index in [2.05, 4.69) is 37.2 Å². The van der Waals surface area contributed by atoms with Crippen molar-refractivity contribution in [1.82, 2.24) is 9.88 Å². The molecule has 2 aromatic carbocycles. The molecule has 7 nitrogen and oxygen atoms in total. The predicted molar refractivity (Wildman–Crippen MR) is 133 cm³/mol. The van der Waals surface area contributed by atoms with Crippen LogP contribution >= 0.6 is 31.9 Å². The number of hydrogen-bond donors (Lipinski definition) is 1. The minimum atomic E-state index is -0.799. The van der Waals surface area contributed by atoms with Crippen LogP contribution in [0.15, 0.2) is 63.0 Å². The number of anilines is 1. The monoisotopic (exact) mass is 571 g/mol. The highest BCUT2D eigenvalue weighted by atomic mass is 79.9. The fourth-order valence-electron chi connectivity index (χ4n) is 3.74. The molecule has 1 aliphatic heterocycles. The Kier molecular flexibility index (Phi) is 6.27. The van der Waals surface area contributed by atoms with Crippen LogP contribution in [-0.2, 0) is 9.59 Å². The SMILES string of the molecule is COc1ccc(N2C(=O)NC(=O)/C(=C\c3c(Br)c(C)n(-c4ccc(Br)cc4)c3C)C2=O)cc1. The number of methoxy groups -OCH3 is 1. The van der Waals surface area contributed by atoms with Crippen molar-refractivity contribution in [3.63, 3.8) is 0 Å². The third kappa shape index (κ3) is 4.14. The second kappa shape index (κ2) is 8.99. The normalized spacial score (nSPS) is 15.2. The van der Waals surface area contributed by atoms with Crippen LogP contribution < -0.4 is 15.0 Å². The number of rotatable bonds is 4. The lowest BCUT2D eigenvalue weighted by atomic mass is 10.1. The van der Waals surface area contributed by atoms with Crippen LogP contribution in [0, 0.1) is 13.8 Å². The van der Waals surface area contributed by atoms with Gasteiger partial charge in [0.05, 0.1) is 12.8 Å². The molecule has 1 N–H and O–H groups in total. The van der Waals surface area contributed by atoms with Crippen LogP contribution in [0.2, 0.25) is 0 Å². The number of nitrogens with zero attached hydrogens (tertiary/aromatic N) is 2. The molecule has 0 spiro atoms. The Balaban J connectivity index is 1.78. The van der Waals surface area contributed by atoms with Crippen LogP contribution in [0.1, 0.15) is 17.0 Å². The molecule has 1 fully saturated rings. The first-order valence-corrected chi connectivity index (χ1v) is 11.5. The first kappa shape index (κ1) is 23.0. The Morgan fingerprint density at radius 1 is 0.879 bits per heavy atom. The molecule has 33 heavy (non-hydrogen) atoms. The van der Waals surface area contributed by atoms with Gasteiger partial charge in [0, 0.05) is 31.6 Å². The molecule has 0 unspecified atom stereocenters. The molecular formula is C24H19Br2N3O4. The van der Waals surface area contributed by atoms with Crippen molar-refractivity contribution in [3.05, 3.63) is 80.0 Å². The zero-order valence-corrected chi connectivity index (χ0v) is 21.2. The van der Waals surface area contributed by atoms with Crippen LogP contribution in [0.25, 0.3) is 11.8 Å². The van der Waals surface area contributed by atoms with E-state index < -0.39 is 17.8 Å². The van der Waals surface area contributed by atoms with Gasteiger partial charge in [-0.2, -0.15) is 0 Å². The lowest BCUT2D eigenvalue weighted by Crippen LogP contribution is -2.54. The van der Waals surface area contributed by atoms with Gasteiger partial charge in [-0.05, 0) is 84.4 Å². The van der Waals surface area contributed by atoms with E-state index in [0.717, 1.165) is 30.9 Å². The summed E-state index contributed by atoms with van der Waals surface area (Å²) < 4.78 is 8.87. The summed E-state index contributed by atoms with van der Waals surface area (Å²) in [5.74, 6) is -0.857. The molecule has 4 rings (SSSR count). The van der Waals surface area contributed by atoms with E-state index in [9.17, 15) is 14.4 Å². The third-order valence-corrected chi connectivity index (χ3v) is 6.95. The lowest BCUT2D eigenvalue weighted by molar-refractivity contribution is -0.122. The maximum Gasteiger partial charge on any atom is 0.335 e. The number of halogens is 2.